The summed E-state index contributed by atoms with van der Waals surface area (Å²) in [5.41, 5.74) is -0.583. The Morgan fingerprint density at radius 2 is 2.50 bits per heavy atom. The number of carboxylic acid groups (broad SMARTS) is 1. The standard InChI is InChI=1S/C9H15NO2/c1-2-4-9(8(11)12)5-3-6-10-7-9/h2,10H,1,3-7H2,(H,11,12). The Kier molecular flexibility index (Phi) is 2.87. The van der Waals surface area contributed by atoms with Crippen molar-refractivity contribution in [3.8, 4) is 0 Å². The molecule has 0 radical (unpaired) electrons. The molecule has 1 heterocycles. The summed E-state index contributed by atoms with van der Waals surface area (Å²) in [5, 5.41) is 12.1. The molecule has 0 saturated carbocycles. The van der Waals surface area contributed by atoms with Gasteiger partial charge < -0.3 is 10.4 Å². The second-order valence-corrected chi connectivity index (χ2v) is 3.36. The number of hydrogen-bond acceptors (Lipinski definition) is 2. The number of aliphatic carboxylic acids is 1. The molecule has 0 aromatic carbocycles. The smallest absolute Gasteiger partial charge is 0.311 e. The first-order valence-electron chi connectivity index (χ1n) is 4.26. The number of carboxylic acids is 1. The molecule has 0 aromatic rings. The van der Waals surface area contributed by atoms with Gasteiger partial charge in [-0.2, -0.15) is 0 Å². The van der Waals surface area contributed by atoms with E-state index in [1.54, 1.807) is 6.08 Å². The van der Waals surface area contributed by atoms with Crippen LogP contribution in [-0.4, -0.2) is 24.2 Å². The van der Waals surface area contributed by atoms with Gasteiger partial charge in [0, 0.05) is 6.54 Å². The lowest BCUT2D eigenvalue weighted by Crippen LogP contribution is -2.45. The zero-order valence-corrected chi connectivity index (χ0v) is 7.18. The highest BCUT2D eigenvalue weighted by molar-refractivity contribution is 5.75. The average Bonchev–Trinajstić information content (AvgIpc) is 2.06. The Labute approximate surface area is 72.5 Å². The van der Waals surface area contributed by atoms with Crippen molar-refractivity contribution < 1.29 is 9.90 Å². The first-order valence-corrected chi connectivity index (χ1v) is 4.26. The summed E-state index contributed by atoms with van der Waals surface area (Å²) >= 11 is 0. The summed E-state index contributed by atoms with van der Waals surface area (Å²) in [6.07, 6.45) is 3.97. The quantitative estimate of drug-likeness (QED) is 0.620. The van der Waals surface area contributed by atoms with Crippen molar-refractivity contribution in [2.75, 3.05) is 13.1 Å². The van der Waals surface area contributed by atoms with Crippen molar-refractivity contribution in [3.63, 3.8) is 0 Å². The molecule has 3 nitrogen and oxygen atoms in total. The van der Waals surface area contributed by atoms with E-state index in [1.165, 1.54) is 0 Å². The molecule has 0 aliphatic carbocycles. The molecule has 0 spiro atoms. The van der Waals surface area contributed by atoms with E-state index in [-0.39, 0.29) is 0 Å². The third-order valence-electron chi connectivity index (χ3n) is 2.46. The molecular formula is C9H15NO2. The fraction of sp³-hybridized carbons (Fsp3) is 0.667. The number of rotatable bonds is 3. The molecule has 1 saturated heterocycles. The molecule has 1 aliphatic heterocycles. The van der Waals surface area contributed by atoms with Gasteiger partial charge in [-0.15, -0.1) is 6.58 Å². The molecule has 12 heavy (non-hydrogen) atoms. The molecule has 68 valence electrons. The predicted octanol–water partition coefficient (Wildman–Crippen LogP) is 1.02. The lowest BCUT2D eigenvalue weighted by atomic mass is 9.78. The Morgan fingerprint density at radius 1 is 1.75 bits per heavy atom. The van der Waals surface area contributed by atoms with Crippen LogP contribution in [-0.2, 0) is 4.79 Å². The van der Waals surface area contributed by atoms with Crippen molar-refractivity contribution in [2.45, 2.75) is 19.3 Å². The van der Waals surface area contributed by atoms with Crippen molar-refractivity contribution in [1.82, 2.24) is 5.32 Å². The Morgan fingerprint density at radius 3 is 2.92 bits per heavy atom. The summed E-state index contributed by atoms with van der Waals surface area (Å²) < 4.78 is 0. The minimum absolute atomic E-state index is 0.565. The summed E-state index contributed by atoms with van der Waals surface area (Å²) in [6, 6.07) is 0. The second-order valence-electron chi connectivity index (χ2n) is 3.36. The monoisotopic (exact) mass is 169 g/mol. The maximum absolute atomic E-state index is 11.0. The van der Waals surface area contributed by atoms with Gasteiger partial charge in [0.25, 0.3) is 0 Å². The van der Waals surface area contributed by atoms with E-state index < -0.39 is 11.4 Å². The fourth-order valence-corrected chi connectivity index (χ4v) is 1.69. The van der Waals surface area contributed by atoms with Gasteiger partial charge in [0.05, 0.1) is 5.41 Å². The molecular weight excluding hydrogens is 154 g/mol. The van der Waals surface area contributed by atoms with Crippen molar-refractivity contribution in [1.29, 1.82) is 0 Å². The summed E-state index contributed by atoms with van der Waals surface area (Å²) in [6.45, 7) is 5.11. The van der Waals surface area contributed by atoms with Crippen LogP contribution >= 0.6 is 0 Å². The van der Waals surface area contributed by atoms with E-state index in [0.29, 0.717) is 13.0 Å². The molecule has 1 rings (SSSR count). The van der Waals surface area contributed by atoms with Gasteiger partial charge in [-0.1, -0.05) is 6.08 Å². The normalized spacial score (nSPS) is 29.7. The second kappa shape index (κ2) is 3.72. The van der Waals surface area contributed by atoms with E-state index in [0.717, 1.165) is 19.4 Å². The van der Waals surface area contributed by atoms with E-state index in [9.17, 15) is 4.79 Å². The Hall–Kier alpha value is -0.830. The highest BCUT2D eigenvalue weighted by Crippen LogP contribution is 2.30. The van der Waals surface area contributed by atoms with Crippen LogP contribution < -0.4 is 5.32 Å². The number of carbonyl (C=O) groups is 1. The first-order chi connectivity index (χ1) is 5.71. The van der Waals surface area contributed by atoms with Crippen molar-refractivity contribution in [3.05, 3.63) is 12.7 Å². The van der Waals surface area contributed by atoms with E-state index in [1.807, 2.05) is 0 Å². The molecule has 3 heteroatoms. The van der Waals surface area contributed by atoms with E-state index >= 15 is 0 Å². The van der Waals surface area contributed by atoms with Crippen LogP contribution in [0.1, 0.15) is 19.3 Å². The first kappa shape index (κ1) is 9.26. The van der Waals surface area contributed by atoms with Crippen LogP contribution in [0.2, 0.25) is 0 Å². The van der Waals surface area contributed by atoms with Gasteiger partial charge in [0.1, 0.15) is 0 Å². The lowest BCUT2D eigenvalue weighted by molar-refractivity contribution is -0.149. The van der Waals surface area contributed by atoms with Crippen LogP contribution in [0.15, 0.2) is 12.7 Å². The zero-order chi connectivity index (χ0) is 9.03. The van der Waals surface area contributed by atoms with Gasteiger partial charge in [0.2, 0.25) is 0 Å². The molecule has 1 fully saturated rings. The molecule has 1 aliphatic rings. The summed E-state index contributed by atoms with van der Waals surface area (Å²) in [5.74, 6) is -0.699. The van der Waals surface area contributed by atoms with Gasteiger partial charge in [-0.25, -0.2) is 0 Å². The molecule has 1 unspecified atom stereocenters. The zero-order valence-electron chi connectivity index (χ0n) is 7.18. The molecule has 0 amide bonds. The molecule has 0 bridgehead atoms. The van der Waals surface area contributed by atoms with Gasteiger partial charge in [-0.05, 0) is 25.8 Å². The molecule has 1 atom stereocenters. The summed E-state index contributed by atoms with van der Waals surface area (Å²) in [4.78, 5) is 11.0. The number of allylic oxidation sites excluding steroid dienone is 1. The van der Waals surface area contributed by atoms with Crippen molar-refractivity contribution >= 4 is 5.97 Å². The Bertz CT molecular complexity index is 183. The SMILES string of the molecule is C=CCC1(C(=O)O)CCCNC1. The molecule has 0 aromatic heterocycles. The summed E-state index contributed by atoms with van der Waals surface area (Å²) in [7, 11) is 0. The largest absolute Gasteiger partial charge is 0.481 e. The topological polar surface area (TPSA) is 49.3 Å². The number of piperidine rings is 1. The average molecular weight is 169 g/mol. The predicted molar refractivity (Wildman–Crippen MR) is 47.0 cm³/mol. The third kappa shape index (κ3) is 1.67. The van der Waals surface area contributed by atoms with Crippen LogP contribution in [0, 0.1) is 5.41 Å². The Balaban J connectivity index is 2.69. The third-order valence-corrected chi connectivity index (χ3v) is 2.46. The van der Waals surface area contributed by atoms with E-state index in [2.05, 4.69) is 11.9 Å². The fourth-order valence-electron chi connectivity index (χ4n) is 1.69. The maximum atomic E-state index is 11.0. The van der Waals surface area contributed by atoms with E-state index in [4.69, 9.17) is 5.11 Å². The minimum Gasteiger partial charge on any atom is -0.481 e. The van der Waals surface area contributed by atoms with Gasteiger partial charge >= 0.3 is 5.97 Å². The van der Waals surface area contributed by atoms with Crippen LogP contribution in [0.25, 0.3) is 0 Å². The van der Waals surface area contributed by atoms with Gasteiger partial charge in [0.15, 0.2) is 0 Å². The minimum atomic E-state index is -0.699. The van der Waals surface area contributed by atoms with Gasteiger partial charge in [-0.3, -0.25) is 4.79 Å². The molecule has 2 N–H and O–H groups in total. The van der Waals surface area contributed by atoms with Crippen LogP contribution in [0.3, 0.4) is 0 Å². The maximum Gasteiger partial charge on any atom is 0.311 e. The van der Waals surface area contributed by atoms with Crippen LogP contribution in [0.5, 0.6) is 0 Å². The number of hydrogen-bond donors (Lipinski definition) is 2. The lowest BCUT2D eigenvalue weighted by Gasteiger charge is -2.32. The number of nitrogens with one attached hydrogen (secondary N) is 1. The van der Waals surface area contributed by atoms with Crippen molar-refractivity contribution in [2.24, 2.45) is 5.41 Å². The highest BCUT2D eigenvalue weighted by Gasteiger charge is 2.38. The van der Waals surface area contributed by atoms with Crippen LogP contribution in [0.4, 0.5) is 0 Å². The highest BCUT2D eigenvalue weighted by atomic mass is 16.4.